The number of hydrogen-bond acceptors (Lipinski definition) is 2. The predicted molar refractivity (Wildman–Crippen MR) is 76.9 cm³/mol. The monoisotopic (exact) mass is 288 g/mol. The first-order chi connectivity index (χ1) is 9.04. The van der Waals surface area contributed by atoms with Crippen LogP contribution in [-0.2, 0) is 12.7 Å². The van der Waals surface area contributed by atoms with Crippen molar-refractivity contribution in [2.75, 3.05) is 25.5 Å². The van der Waals surface area contributed by atoms with E-state index in [1.54, 1.807) is 31.1 Å². The lowest BCUT2D eigenvalue weighted by molar-refractivity contribution is -0.137. The fraction of sp³-hybridized carbons (Fsp3) is 0.600. The zero-order valence-corrected chi connectivity index (χ0v) is 12.7. The number of nitrogens with one attached hydrogen (secondary N) is 1. The summed E-state index contributed by atoms with van der Waals surface area (Å²) in [5.74, 6) is 0. The molecule has 0 aliphatic heterocycles. The van der Waals surface area contributed by atoms with Gasteiger partial charge in [0.2, 0.25) is 0 Å². The van der Waals surface area contributed by atoms with Gasteiger partial charge in [-0.05, 0) is 30.2 Å². The van der Waals surface area contributed by atoms with E-state index in [0.29, 0.717) is 18.7 Å². The van der Waals surface area contributed by atoms with E-state index in [9.17, 15) is 13.2 Å². The second-order valence-electron chi connectivity index (χ2n) is 6.30. The van der Waals surface area contributed by atoms with Crippen molar-refractivity contribution >= 4 is 5.69 Å². The molecule has 0 unspecified atom stereocenters. The molecule has 0 aromatic heterocycles. The van der Waals surface area contributed by atoms with Gasteiger partial charge in [0.1, 0.15) is 0 Å². The van der Waals surface area contributed by atoms with E-state index < -0.39 is 11.7 Å². The molecular formula is C15H23F3N2. The topological polar surface area (TPSA) is 15.3 Å². The summed E-state index contributed by atoms with van der Waals surface area (Å²) in [7, 11) is 3.42. The zero-order valence-electron chi connectivity index (χ0n) is 12.7. The summed E-state index contributed by atoms with van der Waals surface area (Å²) in [6, 6.07) is 4.52. The van der Waals surface area contributed by atoms with Gasteiger partial charge in [-0.15, -0.1) is 0 Å². The van der Waals surface area contributed by atoms with Crippen molar-refractivity contribution in [3.8, 4) is 0 Å². The molecule has 0 bridgehead atoms. The van der Waals surface area contributed by atoms with Gasteiger partial charge in [0.25, 0.3) is 0 Å². The summed E-state index contributed by atoms with van der Waals surface area (Å²) in [5.41, 5.74) is 0.221. The average molecular weight is 288 g/mol. The summed E-state index contributed by atoms with van der Waals surface area (Å²) < 4.78 is 39.6. The maximum absolute atomic E-state index is 13.2. The lowest BCUT2D eigenvalue weighted by Crippen LogP contribution is -2.30. The molecule has 1 aromatic carbocycles. The van der Waals surface area contributed by atoms with Gasteiger partial charge in [-0.25, -0.2) is 0 Å². The van der Waals surface area contributed by atoms with Crippen molar-refractivity contribution in [1.82, 2.24) is 5.32 Å². The fourth-order valence-corrected chi connectivity index (χ4v) is 2.25. The summed E-state index contributed by atoms with van der Waals surface area (Å²) in [6.07, 6.45) is -4.34. The van der Waals surface area contributed by atoms with Crippen LogP contribution in [0.1, 0.15) is 31.9 Å². The lowest BCUT2D eigenvalue weighted by atomic mass is 9.95. The first-order valence-corrected chi connectivity index (χ1v) is 6.60. The summed E-state index contributed by atoms with van der Waals surface area (Å²) in [5, 5.41) is 2.87. The van der Waals surface area contributed by atoms with Gasteiger partial charge in [0.15, 0.2) is 0 Å². The molecule has 0 radical (unpaired) electrons. The van der Waals surface area contributed by atoms with Crippen molar-refractivity contribution in [2.45, 2.75) is 33.5 Å². The number of nitrogens with zero attached hydrogens (tertiary/aromatic N) is 1. The number of halogens is 3. The molecule has 0 atom stereocenters. The highest BCUT2D eigenvalue weighted by atomic mass is 19.4. The van der Waals surface area contributed by atoms with Crippen LogP contribution in [0.4, 0.5) is 18.9 Å². The molecule has 1 rings (SSSR count). The molecule has 1 aromatic rings. The van der Waals surface area contributed by atoms with E-state index in [1.807, 2.05) is 20.8 Å². The van der Waals surface area contributed by atoms with E-state index in [4.69, 9.17) is 0 Å². The van der Waals surface area contributed by atoms with E-state index in [-0.39, 0.29) is 11.1 Å². The van der Waals surface area contributed by atoms with Crippen molar-refractivity contribution in [3.63, 3.8) is 0 Å². The summed E-state index contributed by atoms with van der Waals surface area (Å²) in [4.78, 5) is 1.67. The molecule has 2 nitrogen and oxygen atoms in total. The van der Waals surface area contributed by atoms with Crippen LogP contribution in [0, 0.1) is 5.41 Å². The minimum Gasteiger partial charge on any atom is -0.374 e. The second kappa shape index (κ2) is 6.04. The lowest BCUT2D eigenvalue weighted by Gasteiger charge is -2.30. The van der Waals surface area contributed by atoms with Gasteiger partial charge >= 0.3 is 6.18 Å². The zero-order chi connectivity index (χ0) is 15.6. The number of benzene rings is 1. The van der Waals surface area contributed by atoms with Gasteiger partial charge in [-0.2, -0.15) is 13.2 Å². The van der Waals surface area contributed by atoms with Gasteiger partial charge < -0.3 is 10.2 Å². The van der Waals surface area contributed by atoms with Crippen LogP contribution in [0.15, 0.2) is 18.2 Å². The van der Waals surface area contributed by atoms with Crippen LogP contribution in [-0.4, -0.2) is 20.6 Å². The molecule has 0 heterocycles. The molecule has 20 heavy (non-hydrogen) atoms. The summed E-state index contributed by atoms with van der Waals surface area (Å²) in [6.45, 7) is 7.00. The molecule has 0 spiro atoms. The number of anilines is 1. The second-order valence-corrected chi connectivity index (χ2v) is 6.30. The molecule has 0 saturated carbocycles. The van der Waals surface area contributed by atoms with Gasteiger partial charge in [0, 0.05) is 25.8 Å². The Morgan fingerprint density at radius 2 is 1.75 bits per heavy atom. The first-order valence-electron chi connectivity index (χ1n) is 6.60. The molecule has 0 amide bonds. The van der Waals surface area contributed by atoms with E-state index in [0.717, 1.165) is 0 Å². The minimum absolute atomic E-state index is 0.0682. The molecule has 0 aliphatic carbocycles. The third kappa shape index (κ3) is 4.71. The average Bonchev–Trinajstić information content (AvgIpc) is 2.25. The Morgan fingerprint density at radius 3 is 2.20 bits per heavy atom. The SMILES string of the molecule is CNCc1ccc(N(C)CC(C)(C)C)c(C(F)(F)F)c1. The Balaban J connectivity index is 3.18. The van der Waals surface area contributed by atoms with Crippen molar-refractivity contribution in [1.29, 1.82) is 0 Å². The van der Waals surface area contributed by atoms with Crippen LogP contribution in [0.2, 0.25) is 0 Å². The summed E-state index contributed by atoms with van der Waals surface area (Å²) >= 11 is 0. The van der Waals surface area contributed by atoms with Crippen LogP contribution >= 0.6 is 0 Å². The molecule has 1 N–H and O–H groups in total. The van der Waals surface area contributed by atoms with Crippen LogP contribution in [0.25, 0.3) is 0 Å². The Labute approximate surface area is 119 Å². The Kier molecular flexibility index (Phi) is 5.08. The van der Waals surface area contributed by atoms with Crippen LogP contribution in [0.5, 0.6) is 0 Å². The van der Waals surface area contributed by atoms with E-state index in [2.05, 4.69) is 5.32 Å². The highest BCUT2D eigenvalue weighted by molar-refractivity contribution is 5.56. The van der Waals surface area contributed by atoms with Crippen LogP contribution in [0.3, 0.4) is 0 Å². The maximum Gasteiger partial charge on any atom is 0.418 e. The fourth-order valence-electron chi connectivity index (χ4n) is 2.25. The third-order valence-corrected chi connectivity index (χ3v) is 2.87. The van der Waals surface area contributed by atoms with Crippen molar-refractivity contribution < 1.29 is 13.2 Å². The molecule has 0 fully saturated rings. The molecule has 0 saturated heterocycles. The highest BCUT2D eigenvalue weighted by Gasteiger charge is 2.35. The first kappa shape index (κ1) is 16.8. The van der Waals surface area contributed by atoms with Gasteiger partial charge in [-0.3, -0.25) is 0 Å². The van der Waals surface area contributed by atoms with Crippen LogP contribution < -0.4 is 10.2 Å². The quantitative estimate of drug-likeness (QED) is 0.903. The molecular weight excluding hydrogens is 265 g/mol. The molecule has 0 aliphatic rings. The highest BCUT2D eigenvalue weighted by Crippen LogP contribution is 2.37. The molecule has 114 valence electrons. The van der Waals surface area contributed by atoms with E-state index >= 15 is 0 Å². The predicted octanol–water partition coefficient (Wildman–Crippen LogP) is 3.91. The number of rotatable bonds is 4. The minimum atomic E-state index is -4.34. The normalized spacial score (nSPS) is 12.6. The van der Waals surface area contributed by atoms with Gasteiger partial charge in [-0.1, -0.05) is 26.8 Å². The largest absolute Gasteiger partial charge is 0.418 e. The Morgan fingerprint density at radius 1 is 1.15 bits per heavy atom. The standard InChI is InChI=1S/C15H23F3N2/c1-14(2,3)10-20(5)13-7-6-11(9-19-4)8-12(13)15(16,17)18/h6-8,19H,9-10H2,1-5H3. The maximum atomic E-state index is 13.2. The Hall–Kier alpha value is -1.23. The molecule has 5 heteroatoms. The smallest absolute Gasteiger partial charge is 0.374 e. The van der Waals surface area contributed by atoms with Gasteiger partial charge in [0.05, 0.1) is 5.56 Å². The van der Waals surface area contributed by atoms with Crippen molar-refractivity contribution in [2.24, 2.45) is 5.41 Å². The Bertz CT molecular complexity index is 447. The third-order valence-electron chi connectivity index (χ3n) is 2.87. The van der Waals surface area contributed by atoms with E-state index in [1.165, 1.54) is 6.07 Å². The number of alkyl halides is 3. The number of hydrogen-bond donors (Lipinski definition) is 1. The van der Waals surface area contributed by atoms with Crippen molar-refractivity contribution in [3.05, 3.63) is 29.3 Å².